The number of nitrogens with zero attached hydrogens (tertiary/aromatic N) is 2. The second-order valence-corrected chi connectivity index (χ2v) is 6.90. The van der Waals surface area contributed by atoms with Crippen molar-refractivity contribution in [1.29, 1.82) is 0 Å². The molecule has 6 nitrogen and oxygen atoms in total. The van der Waals surface area contributed by atoms with Crippen LogP contribution in [0.4, 0.5) is 0 Å². The molecule has 1 amide bonds. The van der Waals surface area contributed by atoms with E-state index in [1.54, 1.807) is 13.2 Å². The van der Waals surface area contributed by atoms with E-state index in [0.29, 0.717) is 11.3 Å². The summed E-state index contributed by atoms with van der Waals surface area (Å²) in [6.45, 7) is 0.369. The molecule has 0 atom stereocenters. The summed E-state index contributed by atoms with van der Waals surface area (Å²) >= 11 is 1.37. The van der Waals surface area contributed by atoms with E-state index in [2.05, 4.69) is 4.99 Å². The van der Waals surface area contributed by atoms with E-state index in [1.165, 1.54) is 24.5 Å². The number of amides is 1. The lowest BCUT2D eigenvalue weighted by atomic mass is 10.2. The number of carbonyl (C=O) groups excluding carboxylic acids is 2. The molecule has 2 aromatic carbocycles. The Hall–Kier alpha value is -3.19. The summed E-state index contributed by atoms with van der Waals surface area (Å²) in [5.41, 5.74) is 1.80. The molecule has 28 heavy (non-hydrogen) atoms. The Morgan fingerprint density at radius 2 is 1.93 bits per heavy atom. The van der Waals surface area contributed by atoms with E-state index in [1.807, 2.05) is 53.1 Å². The number of thiazole rings is 1. The van der Waals surface area contributed by atoms with Crippen molar-refractivity contribution in [2.45, 2.75) is 13.0 Å². The molecule has 144 valence electrons. The maximum absolute atomic E-state index is 12.4. The van der Waals surface area contributed by atoms with Gasteiger partial charge in [-0.2, -0.15) is 4.99 Å². The summed E-state index contributed by atoms with van der Waals surface area (Å²) in [4.78, 5) is 28.7. The fourth-order valence-electron chi connectivity index (χ4n) is 2.65. The molecule has 1 aromatic heterocycles. The molecule has 0 fully saturated rings. The number of methoxy groups -OCH3 is 2. The molecule has 3 rings (SSSR count). The topological polar surface area (TPSA) is 69.9 Å². The Kier molecular flexibility index (Phi) is 6.39. The van der Waals surface area contributed by atoms with Crippen LogP contribution < -0.4 is 9.54 Å². The van der Waals surface area contributed by atoms with Gasteiger partial charge in [0.25, 0.3) is 5.91 Å². The van der Waals surface area contributed by atoms with Gasteiger partial charge in [-0.15, -0.1) is 0 Å². The standard InChI is InChI=1S/C21H20N2O4S/c1-26-16-9-10-17-18(14-16)28-21(23(17)13-12-20(25)27-2)22-19(24)11-8-15-6-4-3-5-7-15/h3-11,14H,12-13H2,1-2H3/b11-8+,22-21?. The first kappa shape index (κ1) is 19.6. The SMILES string of the molecule is COC(=O)CCn1c(=NC(=O)/C=C/c2ccccc2)sc2cc(OC)ccc21. The van der Waals surface area contributed by atoms with E-state index in [-0.39, 0.29) is 18.3 Å². The first-order valence-corrected chi connectivity index (χ1v) is 9.48. The predicted octanol–water partition coefficient (Wildman–Crippen LogP) is 3.42. The maximum Gasteiger partial charge on any atom is 0.307 e. The van der Waals surface area contributed by atoms with Gasteiger partial charge < -0.3 is 14.0 Å². The van der Waals surface area contributed by atoms with Crippen LogP contribution in [0.2, 0.25) is 0 Å². The quantitative estimate of drug-likeness (QED) is 0.473. The van der Waals surface area contributed by atoms with Gasteiger partial charge >= 0.3 is 5.97 Å². The summed E-state index contributed by atoms with van der Waals surface area (Å²) in [5.74, 6) is 0.0338. The summed E-state index contributed by atoms with van der Waals surface area (Å²) < 4.78 is 12.8. The number of ether oxygens (including phenoxy) is 2. The van der Waals surface area contributed by atoms with Crippen LogP contribution in [-0.4, -0.2) is 30.7 Å². The molecule has 7 heteroatoms. The van der Waals surface area contributed by atoms with Crippen molar-refractivity contribution >= 4 is 39.5 Å². The van der Waals surface area contributed by atoms with Crippen LogP contribution in [0.15, 0.2) is 59.6 Å². The fourth-order valence-corrected chi connectivity index (χ4v) is 3.74. The number of carbonyl (C=O) groups is 2. The minimum atomic E-state index is -0.366. The molecule has 0 bridgehead atoms. The van der Waals surface area contributed by atoms with Crippen molar-refractivity contribution in [3.8, 4) is 5.75 Å². The van der Waals surface area contributed by atoms with Crippen LogP contribution in [0.5, 0.6) is 5.75 Å². The van der Waals surface area contributed by atoms with Gasteiger partial charge in [0.2, 0.25) is 0 Å². The lowest BCUT2D eigenvalue weighted by Gasteiger charge is -2.05. The molecule has 0 spiro atoms. The molecule has 0 saturated heterocycles. The molecule has 0 radical (unpaired) electrons. The van der Waals surface area contributed by atoms with Gasteiger partial charge in [0.15, 0.2) is 4.80 Å². The minimum Gasteiger partial charge on any atom is -0.497 e. The Bertz CT molecular complexity index is 1080. The molecular weight excluding hydrogens is 376 g/mol. The minimum absolute atomic E-state index is 0.190. The summed E-state index contributed by atoms with van der Waals surface area (Å²) in [7, 11) is 2.95. The third-order valence-corrected chi connectivity index (χ3v) is 5.12. The maximum atomic E-state index is 12.4. The molecular formula is C21H20N2O4S. The van der Waals surface area contributed by atoms with Crippen molar-refractivity contribution in [2.24, 2.45) is 4.99 Å². The number of aryl methyl sites for hydroxylation is 1. The molecule has 0 N–H and O–H groups in total. The van der Waals surface area contributed by atoms with E-state index in [0.717, 1.165) is 21.5 Å². The Balaban J connectivity index is 1.97. The third kappa shape index (κ3) is 4.75. The van der Waals surface area contributed by atoms with E-state index < -0.39 is 0 Å². The second-order valence-electron chi connectivity index (χ2n) is 5.89. The highest BCUT2D eigenvalue weighted by molar-refractivity contribution is 7.16. The van der Waals surface area contributed by atoms with Gasteiger partial charge in [0.05, 0.1) is 30.9 Å². The highest BCUT2D eigenvalue weighted by Gasteiger charge is 2.10. The Morgan fingerprint density at radius 3 is 2.64 bits per heavy atom. The van der Waals surface area contributed by atoms with E-state index >= 15 is 0 Å². The zero-order chi connectivity index (χ0) is 19.9. The van der Waals surface area contributed by atoms with E-state index in [4.69, 9.17) is 9.47 Å². The number of benzene rings is 2. The van der Waals surface area contributed by atoms with Gasteiger partial charge in [-0.25, -0.2) is 0 Å². The molecule has 0 aliphatic carbocycles. The van der Waals surface area contributed by atoms with Gasteiger partial charge in [0.1, 0.15) is 5.75 Å². The smallest absolute Gasteiger partial charge is 0.307 e. The van der Waals surface area contributed by atoms with Crippen LogP contribution in [0.25, 0.3) is 16.3 Å². The molecule has 1 heterocycles. The van der Waals surface area contributed by atoms with Crippen LogP contribution >= 0.6 is 11.3 Å². The highest BCUT2D eigenvalue weighted by atomic mass is 32.1. The largest absolute Gasteiger partial charge is 0.497 e. The summed E-state index contributed by atoms with van der Waals surface area (Å²) in [6, 6.07) is 15.2. The first-order chi connectivity index (χ1) is 13.6. The predicted molar refractivity (Wildman–Crippen MR) is 109 cm³/mol. The molecule has 0 aliphatic heterocycles. The van der Waals surface area contributed by atoms with Crippen molar-refractivity contribution in [3.05, 3.63) is 65.0 Å². The average Bonchev–Trinajstić information content (AvgIpc) is 3.07. The van der Waals surface area contributed by atoms with Crippen LogP contribution in [0.3, 0.4) is 0 Å². The van der Waals surface area contributed by atoms with Gasteiger partial charge in [-0.05, 0) is 29.8 Å². The number of rotatable bonds is 6. The van der Waals surface area contributed by atoms with Gasteiger partial charge in [-0.3, -0.25) is 9.59 Å². The van der Waals surface area contributed by atoms with Crippen LogP contribution in [0.1, 0.15) is 12.0 Å². The Morgan fingerprint density at radius 1 is 1.14 bits per heavy atom. The molecule has 0 unspecified atom stereocenters. The summed E-state index contributed by atoms with van der Waals surface area (Å²) in [6.07, 6.45) is 3.35. The monoisotopic (exact) mass is 396 g/mol. The van der Waals surface area contributed by atoms with E-state index in [9.17, 15) is 9.59 Å². The van der Waals surface area contributed by atoms with Gasteiger partial charge in [-0.1, -0.05) is 41.7 Å². The summed E-state index contributed by atoms with van der Waals surface area (Å²) in [5, 5.41) is 0. The third-order valence-electron chi connectivity index (χ3n) is 4.08. The number of hydrogen-bond donors (Lipinski definition) is 0. The first-order valence-electron chi connectivity index (χ1n) is 8.66. The lowest BCUT2D eigenvalue weighted by Crippen LogP contribution is -2.18. The molecule has 0 aliphatic rings. The van der Waals surface area contributed by atoms with Crippen LogP contribution in [-0.2, 0) is 20.9 Å². The number of aromatic nitrogens is 1. The lowest BCUT2D eigenvalue weighted by molar-refractivity contribution is -0.140. The Labute approximate surface area is 166 Å². The number of esters is 1. The normalized spacial score (nSPS) is 11.9. The fraction of sp³-hybridized carbons (Fsp3) is 0.190. The highest BCUT2D eigenvalue weighted by Crippen LogP contribution is 2.23. The molecule has 0 saturated carbocycles. The number of fused-ring (bicyclic) bond motifs is 1. The number of hydrogen-bond acceptors (Lipinski definition) is 5. The van der Waals surface area contributed by atoms with Crippen molar-refractivity contribution in [3.63, 3.8) is 0 Å². The zero-order valence-corrected chi connectivity index (χ0v) is 16.4. The average molecular weight is 396 g/mol. The zero-order valence-electron chi connectivity index (χ0n) is 15.6. The van der Waals surface area contributed by atoms with Crippen molar-refractivity contribution in [2.75, 3.05) is 14.2 Å². The van der Waals surface area contributed by atoms with Crippen molar-refractivity contribution in [1.82, 2.24) is 4.57 Å². The molecule has 3 aromatic rings. The van der Waals surface area contributed by atoms with Crippen LogP contribution in [0, 0.1) is 0 Å². The second kappa shape index (κ2) is 9.14. The van der Waals surface area contributed by atoms with Gasteiger partial charge in [0, 0.05) is 12.6 Å². The van der Waals surface area contributed by atoms with Crippen molar-refractivity contribution < 1.29 is 19.1 Å².